The number of anilines is 1. The number of nitrogens with zero attached hydrogens (tertiary/aromatic N) is 1. The van der Waals surface area contributed by atoms with Crippen molar-refractivity contribution in [3.63, 3.8) is 0 Å². The Labute approximate surface area is 146 Å². The molecule has 0 saturated heterocycles. The first-order valence-corrected chi connectivity index (χ1v) is 9.56. The van der Waals surface area contributed by atoms with Crippen molar-refractivity contribution >= 4 is 33.0 Å². The van der Waals surface area contributed by atoms with Crippen molar-refractivity contribution in [2.24, 2.45) is 0 Å². The maximum atomic E-state index is 12.9. The van der Waals surface area contributed by atoms with Crippen molar-refractivity contribution < 1.29 is 17.9 Å². The second kappa shape index (κ2) is 7.33. The van der Waals surface area contributed by atoms with E-state index in [1.165, 1.54) is 47.9 Å². The van der Waals surface area contributed by atoms with Crippen molar-refractivity contribution in [1.29, 1.82) is 0 Å². The summed E-state index contributed by atoms with van der Waals surface area (Å²) in [5.74, 6) is 0.0984. The van der Waals surface area contributed by atoms with Gasteiger partial charge in [0.1, 0.15) is 5.75 Å². The Kier molecular flexibility index (Phi) is 5.63. The minimum Gasteiger partial charge on any atom is -0.495 e. The van der Waals surface area contributed by atoms with Gasteiger partial charge in [-0.1, -0.05) is 6.07 Å². The molecule has 1 amide bonds. The zero-order chi connectivity index (χ0) is 17.9. The lowest BCUT2D eigenvalue weighted by molar-refractivity contribution is -0.114. The number of carbonyl (C=O) groups excluding carboxylic acids is 1. The lowest BCUT2D eigenvalue weighted by atomic mass is 10.3. The molecule has 0 spiro atoms. The highest BCUT2D eigenvalue weighted by atomic mass is 32.2. The van der Waals surface area contributed by atoms with E-state index in [2.05, 4.69) is 5.32 Å². The average molecular weight is 368 g/mol. The minimum atomic E-state index is -3.71. The van der Waals surface area contributed by atoms with Crippen LogP contribution in [0.25, 0.3) is 0 Å². The third kappa shape index (κ3) is 3.77. The molecule has 2 aromatic rings. The Hall–Kier alpha value is -1.90. The number of sulfonamides is 1. The van der Waals surface area contributed by atoms with Crippen LogP contribution in [0.15, 0.2) is 40.6 Å². The molecular formula is C16H20N2O4S2. The Bertz CT molecular complexity index is 817. The van der Waals surface area contributed by atoms with Gasteiger partial charge in [0.25, 0.3) is 0 Å². The molecular weight excluding hydrogens is 348 g/mol. The van der Waals surface area contributed by atoms with Crippen LogP contribution in [0, 0.1) is 0 Å². The van der Waals surface area contributed by atoms with Crippen LogP contribution in [0.4, 0.5) is 5.69 Å². The largest absolute Gasteiger partial charge is 0.495 e. The smallest absolute Gasteiger partial charge is 0.243 e. The average Bonchev–Trinajstić information content (AvgIpc) is 3.07. The van der Waals surface area contributed by atoms with Crippen LogP contribution in [-0.4, -0.2) is 32.8 Å². The molecule has 0 aliphatic heterocycles. The van der Waals surface area contributed by atoms with Crippen molar-refractivity contribution in [2.75, 3.05) is 19.5 Å². The van der Waals surface area contributed by atoms with E-state index < -0.39 is 10.0 Å². The Morgan fingerprint density at radius 2 is 2.04 bits per heavy atom. The van der Waals surface area contributed by atoms with E-state index in [1.807, 2.05) is 24.4 Å². The van der Waals surface area contributed by atoms with Gasteiger partial charge in [0, 0.05) is 18.8 Å². The minimum absolute atomic E-state index is 0.0953. The molecule has 0 radical (unpaired) electrons. The zero-order valence-corrected chi connectivity index (χ0v) is 15.6. The third-order valence-corrected chi connectivity index (χ3v) is 6.63. The Morgan fingerprint density at radius 1 is 1.33 bits per heavy atom. The number of thiophene rings is 1. The van der Waals surface area contributed by atoms with Gasteiger partial charge in [-0.15, -0.1) is 11.3 Å². The first kappa shape index (κ1) is 18.4. The summed E-state index contributed by atoms with van der Waals surface area (Å²) in [5.41, 5.74) is 0.322. The highest BCUT2D eigenvalue weighted by molar-refractivity contribution is 7.89. The number of benzene rings is 1. The van der Waals surface area contributed by atoms with Crippen LogP contribution in [0.5, 0.6) is 5.75 Å². The summed E-state index contributed by atoms with van der Waals surface area (Å²) in [6.07, 6.45) is 0. The molecule has 8 heteroatoms. The summed E-state index contributed by atoms with van der Waals surface area (Å²) in [5, 5.41) is 4.50. The molecule has 1 heterocycles. The molecule has 6 nitrogen and oxygen atoms in total. The summed E-state index contributed by atoms with van der Waals surface area (Å²) < 4.78 is 32.2. The van der Waals surface area contributed by atoms with Gasteiger partial charge in [-0.2, -0.15) is 4.31 Å². The summed E-state index contributed by atoms with van der Waals surface area (Å²) in [7, 11) is -0.713. The van der Waals surface area contributed by atoms with Gasteiger partial charge in [0.15, 0.2) is 0 Å². The first-order chi connectivity index (χ1) is 11.3. The van der Waals surface area contributed by atoms with E-state index in [9.17, 15) is 13.2 Å². The maximum absolute atomic E-state index is 12.9. The van der Waals surface area contributed by atoms with E-state index in [-0.39, 0.29) is 16.8 Å². The molecule has 1 aromatic carbocycles. The number of methoxy groups -OCH3 is 1. The standard InChI is InChI=1S/C16H20N2O4S2/c1-11(16-6-5-9-23-16)18(3)24(20,21)13-7-8-15(22-4)14(10-13)17-12(2)19/h5-11H,1-4H3,(H,17,19). The normalized spacial score (nSPS) is 12.9. The fourth-order valence-corrected chi connectivity index (χ4v) is 4.48. The zero-order valence-electron chi connectivity index (χ0n) is 13.9. The molecule has 0 bridgehead atoms. The van der Waals surface area contributed by atoms with Gasteiger partial charge in [0.05, 0.1) is 23.7 Å². The number of rotatable bonds is 6. The number of carbonyl (C=O) groups is 1. The molecule has 1 N–H and O–H groups in total. The van der Waals surface area contributed by atoms with Gasteiger partial charge >= 0.3 is 0 Å². The molecule has 1 aromatic heterocycles. The van der Waals surface area contributed by atoms with Crippen LogP contribution in [0.1, 0.15) is 24.8 Å². The van der Waals surface area contributed by atoms with E-state index >= 15 is 0 Å². The predicted molar refractivity (Wildman–Crippen MR) is 95.0 cm³/mol. The fraction of sp³-hybridized carbons (Fsp3) is 0.312. The van der Waals surface area contributed by atoms with Crippen LogP contribution < -0.4 is 10.1 Å². The van der Waals surface area contributed by atoms with Crippen molar-refractivity contribution in [1.82, 2.24) is 4.31 Å². The number of ether oxygens (including phenoxy) is 1. The Morgan fingerprint density at radius 3 is 2.58 bits per heavy atom. The topological polar surface area (TPSA) is 75.7 Å². The molecule has 1 unspecified atom stereocenters. The van der Waals surface area contributed by atoms with Crippen molar-refractivity contribution in [2.45, 2.75) is 24.8 Å². The van der Waals surface area contributed by atoms with Crippen LogP contribution in [-0.2, 0) is 14.8 Å². The summed E-state index contributed by atoms with van der Waals surface area (Å²) >= 11 is 1.51. The SMILES string of the molecule is COc1ccc(S(=O)(=O)N(C)C(C)c2cccs2)cc1NC(C)=O. The maximum Gasteiger partial charge on any atom is 0.243 e. The van der Waals surface area contributed by atoms with E-state index in [0.717, 1.165) is 4.88 Å². The van der Waals surface area contributed by atoms with Gasteiger partial charge in [0.2, 0.25) is 15.9 Å². The lowest BCUT2D eigenvalue weighted by Gasteiger charge is -2.24. The predicted octanol–water partition coefficient (Wildman–Crippen LogP) is 3.10. The second-order valence-electron chi connectivity index (χ2n) is 5.26. The monoisotopic (exact) mass is 368 g/mol. The van der Waals surface area contributed by atoms with Gasteiger partial charge in [-0.25, -0.2) is 8.42 Å². The van der Waals surface area contributed by atoms with Gasteiger partial charge < -0.3 is 10.1 Å². The fourth-order valence-electron chi connectivity index (χ4n) is 2.22. The number of amides is 1. The van der Waals surface area contributed by atoms with Crippen molar-refractivity contribution in [3.8, 4) is 5.75 Å². The van der Waals surface area contributed by atoms with Crippen LogP contribution in [0.3, 0.4) is 0 Å². The number of hydrogen-bond donors (Lipinski definition) is 1. The number of hydrogen-bond acceptors (Lipinski definition) is 5. The van der Waals surface area contributed by atoms with E-state index in [4.69, 9.17) is 4.74 Å². The summed E-state index contributed by atoms with van der Waals surface area (Å²) in [6, 6.07) is 7.91. The quantitative estimate of drug-likeness (QED) is 0.850. The molecule has 0 aliphatic rings. The molecule has 2 rings (SSSR count). The molecule has 0 fully saturated rings. The van der Waals surface area contributed by atoms with Crippen LogP contribution in [0.2, 0.25) is 0 Å². The lowest BCUT2D eigenvalue weighted by Crippen LogP contribution is -2.29. The van der Waals surface area contributed by atoms with Gasteiger partial charge in [-0.05, 0) is 36.6 Å². The second-order valence-corrected chi connectivity index (χ2v) is 8.23. The number of nitrogens with one attached hydrogen (secondary N) is 1. The molecule has 0 saturated carbocycles. The Balaban J connectivity index is 2.39. The van der Waals surface area contributed by atoms with E-state index in [1.54, 1.807) is 7.05 Å². The molecule has 130 valence electrons. The molecule has 0 aliphatic carbocycles. The van der Waals surface area contributed by atoms with Crippen LogP contribution >= 0.6 is 11.3 Å². The van der Waals surface area contributed by atoms with Gasteiger partial charge in [-0.3, -0.25) is 4.79 Å². The molecule has 1 atom stereocenters. The summed E-state index contributed by atoms with van der Waals surface area (Å²) in [4.78, 5) is 12.4. The third-order valence-electron chi connectivity index (χ3n) is 3.66. The van der Waals surface area contributed by atoms with E-state index in [0.29, 0.717) is 11.4 Å². The molecule has 24 heavy (non-hydrogen) atoms. The highest BCUT2D eigenvalue weighted by Gasteiger charge is 2.27. The first-order valence-electron chi connectivity index (χ1n) is 7.24. The van der Waals surface area contributed by atoms with Crippen molar-refractivity contribution in [3.05, 3.63) is 40.6 Å². The summed E-state index contributed by atoms with van der Waals surface area (Å²) in [6.45, 7) is 3.19. The highest BCUT2D eigenvalue weighted by Crippen LogP contribution is 2.32.